The van der Waals surface area contributed by atoms with Gasteiger partial charge in [0.15, 0.2) is 17.9 Å². The first-order chi connectivity index (χ1) is 17.7. The molecule has 8 nitrogen and oxygen atoms in total. The summed E-state index contributed by atoms with van der Waals surface area (Å²) >= 11 is 0. The van der Waals surface area contributed by atoms with Gasteiger partial charge in [-0.3, -0.25) is 4.79 Å². The first kappa shape index (κ1) is 22.9. The number of oxazole rings is 2. The summed E-state index contributed by atoms with van der Waals surface area (Å²) in [5, 5.41) is 3.14. The van der Waals surface area contributed by atoms with Gasteiger partial charge in [-0.2, -0.15) is 0 Å². The highest BCUT2D eigenvalue weighted by Crippen LogP contribution is 2.34. The predicted molar refractivity (Wildman–Crippen MR) is 134 cm³/mol. The van der Waals surface area contributed by atoms with Gasteiger partial charge < -0.3 is 23.6 Å². The summed E-state index contributed by atoms with van der Waals surface area (Å²) < 4.78 is 22.3. The van der Waals surface area contributed by atoms with Gasteiger partial charge in [-0.15, -0.1) is 0 Å². The zero-order valence-electron chi connectivity index (χ0n) is 19.5. The Hall–Kier alpha value is -4.85. The minimum absolute atomic E-state index is 0.118. The van der Waals surface area contributed by atoms with Crippen LogP contribution in [0.3, 0.4) is 0 Å². The lowest BCUT2D eigenvalue weighted by molar-refractivity contribution is -0.144. The normalized spacial score (nSPS) is 10.7. The van der Waals surface area contributed by atoms with Crippen LogP contribution in [-0.4, -0.2) is 23.0 Å². The van der Waals surface area contributed by atoms with Crippen molar-refractivity contribution >= 4 is 17.7 Å². The molecule has 0 aliphatic carbocycles. The SMILES string of the molecule is COc1cc(Nc2ncc(-c3ccccc3CC(=O)OCc3ccccc3)o2)ccc1-c1cnco1. The minimum atomic E-state index is -0.317. The Balaban J connectivity index is 1.29. The van der Waals surface area contributed by atoms with Crippen LogP contribution in [0.5, 0.6) is 5.75 Å². The van der Waals surface area contributed by atoms with Gasteiger partial charge in [-0.05, 0) is 23.3 Å². The molecule has 0 radical (unpaired) electrons. The zero-order chi connectivity index (χ0) is 24.7. The highest BCUT2D eigenvalue weighted by Gasteiger charge is 2.15. The van der Waals surface area contributed by atoms with Crippen LogP contribution < -0.4 is 10.1 Å². The van der Waals surface area contributed by atoms with Gasteiger partial charge in [0.05, 0.1) is 31.5 Å². The van der Waals surface area contributed by atoms with Crippen molar-refractivity contribution in [3.8, 4) is 28.4 Å². The average Bonchev–Trinajstić information content (AvgIpc) is 3.61. The average molecular weight is 482 g/mol. The molecular formula is C28H23N3O5. The van der Waals surface area contributed by atoms with Crippen molar-refractivity contribution < 1.29 is 23.1 Å². The van der Waals surface area contributed by atoms with Crippen LogP contribution in [0.1, 0.15) is 11.1 Å². The first-order valence-electron chi connectivity index (χ1n) is 11.3. The highest BCUT2D eigenvalue weighted by atomic mass is 16.5. The summed E-state index contributed by atoms with van der Waals surface area (Å²) in [4.78, 5) is 20.8. The lowest BCUT2D eigenvalue weighted by Crippen LogP contribution is -2.08. The van der Waals surface area contributed by atoms with Gasteiger partial charge in [0.2, 0.25) is 0 Å². The van der Waals surface area contributed by atoms with Gasteiger partial charge in [0.1, 0.15) is 12.4 Å². The third kappa shape index (κ3) is 5.28. The van der Waals surface area contributed by atoms with E-state index in [2.05, 4.69) is 15.3 Å². The number of nitrogens with zero attached hydrogens (tertiary/aromatic N) is 2. The molecule has 2 aromatic heterocycles. The van der Waals surface area contributed by atoms with E-state index in [1.54, 1.807) is 19.5 Å². The maximum atomic E-state index is 12.5. The maximum Gasteiger partial charge on any atom is 0.310 e. The van der Waals surface area contributed by atoms with Crippen LogP contribution in [-0.2, 0) is 22.6 Å². The Kier molecular flexibility index (Phi) is 6.75. The molecule has 0 aliphatic heterocycles. The standard InChI is InChI=1S/C28H23N3O5/c1-33-24-14-21(11-12-23(24)25-15-29-18-35-25)31-28-30-16-26(36-28)22-10-6-5-9-20(22)13-27(32)34-17-19-7-3-2-4-8-19/h2-12,14-16,18H,13,17H2,1H3,(H,30,31). The second-order valence-corrected chi connectivity index (χ2v) is 7.92. The van der Waals surface area contributed by atoms with E-state index in [4.69, 9.17) is 18.3 Å². The molecule has 0 fully saturated rings. The van der Waals surface area contributed by atoms with Gasteiger partial charge in [0.25, 0.3) is 6.01 Å². The summed E-state index contributed by atoms with van der Waals surface area (Å²) in [6, 6.07) is 23.0. The number of benzene rings is 3. The molecule has 0 unspecified atom stereocenters. The van der Waals surface area contributed by atoms with Gasteiger partial charge in [0, 0.05) is 17.3 Å². The van der Waals surface area contributed by atoms with E-state index in [0.717, 1.165) is 27.9 Å². The monoisotopic (exact) mass is 481 g/mol. The molecule has 180 valence electrons. The summed E-state index contributed by atoms with van der Waals surface area (Å²) in [6.45, 7) is 0.233. The number of rotatable bonds is 9. The van der Waals surface area contributed by atoms with Crippen LogP contribution >= 0.6 is 0 Å². The molecular weight excluding hydrogens is 458 g/mol. The quantitative estimate of drug-likeness (QED) is 0.255. The van der Waals surface area contributed by atoms with Crippen LogP contribution in [0, 0.1) is 0 Å². The molecule has 0 atom stereocenters. The highest BCUT2D eigenvalue weighted by molar-refractivity contribution is 5.77. The molecule has 0 saturated carbocycles. The van der Waals surface area contributed by atoms with E-state index >= 15 is 0 Å². The fourth-order valence-corrected chi connectivity index (χ4v) is 3.76. The van der Waals surface area contributed by atoms with Crippen molar-refractivity contribution in [2.75, 3.05) is 12.4 Å². The summed E-state index contributed by atoms with van der Waals surface area (Å²) in [7, 11) is 1.59. The number of aromatic nitrogens is 2. The Bertz CT molecular complexity index is 1450. The minimum Gasteiger partial charge on any atom is -0.496 e. The molecule has 8 heteroatoms. The van der Waals surface area contributed by atoms with Crippen LogP contribution in [0.4, 0.5) is 11.7 Å². The van der Waals surface area contributed by atoms with Gasteiger partial charge in [-0.25, -0.2) is 9.97 Å². The van der Waals surface area contributed by atoms with Crippen molar-refractivity contribution in [1.29, 1.82) is 0 Å². The summed E-state index contributed by atoms with van der Waals surface area (Å²) in [5.41, 5.74) is 4.00. The van der Waals surface area contributed by atoms with E-state index in [-0.39, 0.29) is 19.0 Å². The number of hydrogen-bond donors (Lipinski definition) is 1. The van der Waals surface area contributed by atoms with Gasteiger partial charge in [-0.1, -0.05) is 54.6 Å². The summed E-state index contributed by atoms with van der Waals surface area (Å²) in [6.07, 6.45) is 4.74. The Morgan fingerprint density at radius 1 is 0.944 bits per heavy atom. The molecule has 3 aromatic carbocycles. The van der Waals surface area contributed by atoms with E-state index in [1.165, 1.54) is 6.39 Å². The molecule has 0 saturated heterocycles. The number of ether oxygens (including phenoxy) is 2. The molecule has 5 aromatic rings. The second-order valence-electron chi connectivity index (χ2n) is 7.92. The number of hydrogen-bond acceptors (Lipinski definition) is 8. The Morgan fingerprint density at radius 2 is 1.78 bits per heavy atom. The van der Waals surface area contributed by atoms with Gasteiger partial charge >= 0.3 is 5.97 Å². The predicted octanol–water partition coefficient (Wildman–Crippen LogP) is 6.03. The largest absolute Gasteiger partial charge is 0.496 e. The molecule has 0 bridgehead atoms. The van der Waals surface area contributed by atoms with Crippen LogP contribution in [0.15, 0.2) is 100 Å². The molecule has 0 amide bonds. The van der Waals surface area contributed by atoms with Crippen molar-refractivity contribution in [2.24, 2.45) is 0 Å². The van der Waals surface area contributed by atoms with E-state index in [0.29, 0.717) is 23.3 Å². The number of esters is 1. The molecule has 0 aliphatic rings. The van der Waals surface area contributed by atoms with Crippen molar-refractivity contribution in [3.05, 3.63) is 103 Å². The number of anilines is 2. The third-order valence-electron chi connectivity index (χ3n) is 5.52. The van der Waals surface area contributed by atoms with Crippen molar-refractivity contribution in [1.82, 2.24) is 9.97 Å². The van der Waals surface area contributed by atoms with Crippen LogP contribution in [0.25, 0.3) is 22.6 Å². The Labute approximate surface area is 207 Å². The van der Waals surface area contributed by atoms with E-state index < -0.39 is 0 Å². The zero-order valence-corrected chi connectivity index (χ0v) is 19.5. The fraction of sp³-hybridized carbons (Fsp3) is 0.107. The number of nitrogens with one attached hydrogen (secondary N) is 1. The van der Waals surface area contributed by atoms with E-state index in [9.17, 15) is 4.79 Å². The molecule has 0 spiro atoms. The molecule has 36 heavy (non-hydrogen) atoms. The number of carbonyl (C=O) groups is 1. The molecule has 2 heterocycles. The second kappa shape index (κ2) is 10.6. The number of carbonyl (C=O) groups excluding carboxylic acids is 1. The van der Waals surface area contributed by atoms with Crippen LogP contribution in [0.2, 0.25) is 0 Å². The van der Waals surface area contributed by atoms with Crippen molar-refractivity contribution in [3.63, 3.8) is 0 Å². The first-order valence-corrected chi connectivity index (χ1v) is 11.3. The fourth-order valence-electron chi connectivity index (χ4n) is 3.76. The maximum absolute atomic E-state index is 12.5. The summed E-state index contributed by atoms with van der Waals surface area (Å²) in [5.74, 6) is 1.44. The lowest BCUT2D eigenvalue weighted by Gasteiger charge is -2.09. The Morgan fingerprint density at radius 3 is 2.58 bits per heavy atom. The van der Waals surface area contributed by atoms with E-state index in [1.807, 2.05) is 72.8 Å². The molecule has 1 N–H and O–H groups in total. The topological polar surface area (TPSA) is 99.6 Å². The number of methoxy groups -OCH3 is 1. The van der Waals surface area contributed by atoms with Crippen molar-refractivity contribution in [2.45, 2.75) is 13.0 Å². The third-order valence-corrected chi connectivity index (χ3v) is 5.52. The lowest BCUT2D eigenvalue weighted by atomic mass is 10.0. The molecule has 5 rings (SSSR count). The smallest absolute Gasteiger partial charge is 0.310 e.